The van der Waals surface area contributed by atoms with E-state index in [4.69, 9.17) is 11.1 Å². The van der Waals surface area contributed by atoms with Crippen LogP contribution in [0.25, 0.3) is 0 Å². The Balaban J connectivity index is 2.84. The zero-order valence-electron chi connectivity index (χ0n) is 6.20. The lowest BCUT2D eigenvalue weighted by molar-refractivity contribution is 0.686. The van der Waals surface area contributed by atoms with Crippen molar-refractivity contribution in [1.82, 2.24) is 0 Å². The highest BCUT2D eigenvalue weighted by Crippen LogP contribution is 2.03. The van der Waals surface area contributed by atoms with Gasteiger partial charge in [0.05, 0.1) is 5.84 Å². The molecule has 0 aromatic carbocycles. The van der Waals surface area contributed by atoms with Gasteiger partial charge in [-0.15, -0.1) is 0 Å². The van der Waals surface area contributed by atoms with E-state index in [2.05, 4.69) is 15.9 Å². The monoisotopic (exact) mass is 206 g/mol. The maximum Gasteiger partial charge on any atom is 0.0905 e. The maximum absolute atomic E-state index is 6.94. The molecular weight excluding hydrogens is 192 g/mol. The van der Waals surface area contributed by atoms with Crippen LogP contribution in [0.15, 0.2) is 0 Å². The number of amidine groups is 1. The smallest absolute Gasteiger partial charge is 0.0905 e. The van der Waals surface area contributed by atoms with Crippen LogP contribution in [0.2, 0.25) is 0 Å². The van der Waals surface area contributed by atoms with Gasteiger partial charge in [-0.2, -0.15) is 0 Å². The fourth-order valence-electron chi connectivity index (χ4n) is 0.763. The van der Waals surface area contributed by atoms with Gasteiger partial charge in [0.25, 0.3) is 0 Å². The van der Waals surface area contributed by atoms with Crippen LogP contribution in [0.4, 0.5) is 0 Å². The Morgan fingerprint density at radius 3 is 2.30 bits per heavy atom. The van der Waals surface area contributed by atoms with E-state index in [0.29, 0.717) is 5.84 Å². The highest BCUT2D eigenvalue weighted by Gasteiger charge is 1.90. The van der Waals surface area contributed by atoms with E-state index < -0.39 is 0 Å². The molecule has 0 aliphatic rings. The first kappa shape index (κ1) is 9.95. The molecule has 10 heavy (non-hydrogen) atoms. The van der Waals surface area contributed by atoms with Gasteiger partial charge in [0.15, 0.2) is 0 Å². The summed E-state index contributed by atoms with van der Waals surface area (Å²) in [5.41, 5.74) is 5.18. The Hall–Kier alpha value is -0.0500. The molecule has 2 nitrogen and oxygen atoms in total. The number of rotatable bonds is 6. The van der Waals surface area contributed by atoms with Crippen LogP contribution in [0.5, 0.6) is 0 Å². The molecule has 0 aliphatic heterocycles. The van der Waals surface area contributed by atoms with Crippen LogP contribution in [0.1, 0.15) is 32.1 Å². The van der Waals surface area contributed by atoms with Crippen LogP contribution >= 0.6 is 15.9 Å². The van der Waals surface area contributed by atoms with E-state index in [9.17, 15) is 0 Å². The highest BCUT2D eigenvalue weighted by molar-refractivity contribution is 9.09. The second-order valence-electron chi connectivity index (χ2n) is 2.38. The first-order chi connectivity index (χ1) is 4.77. The molecule has 0 unspecified atom stereocenters. The zero-order chi connectivity index (χ0) is 7.82. The van der Waals surface area contributed by atoms with Gasteiger partial charge in [-0.1, -0.05) is 28.8 Å². The van der Waals surface area contributed by atoms with E-state index in [1.807, 2.05) is 0 Å². The van der Waals surface area contributed by atoms with E-state index in [-0.39, 0.29) is 0 Å². The van der Waals surface area contributed by atoms with Crippen molar-refractivity contribution in [3.8, 4) is 0 Å². The molecule has 0 spiro atoms. The quantitative estimate of drug-likeness (QED) is 0.298. The molecule has 0 amide bonds. The topological polar surface area (TPSA) is 49.9 Å². The lowest BCUT2D eigenvalue weighted by Gasteiger charge is -1.97. The lowest BCUT2D eigenvalue weighted by atomic mass is 10.1. The molecular formula is C7H15BrN2. The number of hydrogen-bond donors (Lipinski definition) is 2. The SMILES string of the molecule is N=C(N)CCCCCCBr. The van der Waals surface area contributed by atoms with Crippen molar-refractivity contribution in [3.05, 3.63) is 0 Å². The number of unbranched alkanes of at least 4 members (excludes halogenated alkanes) is 3. The summed E-state index contributed by atoms with van der Waals surface area (Å²) in [5.74, 6) is 0.318. The average Bonchev–Trinajstić information content (AvgIpc) is 1.87. The summed E-state index contributed by atoms with van der Waals surface area (Å²) < 4.78 is 0. The van der Waals surface area contributed by atoms with E-state index in [0.717, 1.165) is 18.2 Å². The van der Waals surface area contributed by atoms with Gasteiger partial charge in [-0.25, -0.2) is 0 Å². The van der Waals surface area contributed by atoms with Gasteiger partial charge in [-0.3, -0.25) is 5.41 Å². The van der Waals surface area contributed by atoms with Crippen LogP contribution in [-0.2, 0) is 0 Å². The molecule has 0 heterocycles. The summed E-state index contributed by atoms with van der Waals surface area (Å²) in [6.45, 7) is 0. The van der Waals surface area contributed by atoms with Crippen LogP contribution in [-0.4, -0.2) is 11.2 Å². The predicted octanol–water partition coefficient (Wildman–Crippen LogP) is 2.27. The minimum absolute atomic E-state index is 0.318. The fourth-order valence-corrected chi connectivity index (χ4v) is 1.16. The van der Waals surface area contributed by atoms with Gasteiger partial charge in [0, 0.05) is 11.8 Å². The Morgan fingerprint density at radius 2 is 1.80 bits per heavy atom. The Bertz CT molecular complexity index is 93.6. The minimum Gasteiger partial charge on any atom is -0.388 e. The van der Waals surface area contributed by atoms with Crippen molar-refractivity contribution in [2.24, 2.45) is 5.73 Å². The summed E-state index contributed by atoms with van der Waals surface area (Å²) in [4.78, 5) is 0. The molecule has 0 aliphatic carbocycles. The number of nitrogens with two attached hydrogens (primary N) is 1. The third-order valence-corrected chi connectivity index (χ3v) is 1.89. The summed E-state index contributed by atoms with van der Waals surface area (Å²) in [6, 6.07) is 0. The molecule has 0 fully saturated rings. The third-order valence-electron chi connectivity index (χ3n) is 1.33. The van der Waals surface area contributed by atoms with Crippen molar-refractivity contribution in [2.75, 3.05) is 5.33 Å². The number of alkyl halides is 1. The Kier molecular flexibility index (Phi) is 7.03. The molecule has 0 saturated carbocycles. The fraction of sp³-hybridized carbons (Fsp3) is 0.857. The van der Waals surface area contributed by atoms with E-state index in [1.165, 1.54) is 19.3 Å². The van der Waals surface area contributed by atoms with Crippen molar-refractivity contribution in [1.29, 1.82) is 5.41 Å². The van der Waals surface area contributed by atoms with Crippen LogP contribution in [0.3, 0.4) is 0 Å². The molecule has 60 valence electrons. The molecule has 0 saturated heterocycles. The maximum atomic E-state index is 6.94. The Morgan fingerprint density at radius 1 is 1.20 bits per heavy atom. The summed E-state index contributed by atoms with van der Waals surface area (Å²) in [6.07, 6.45) is 5.52. The molecule has 3 N–H and O–H groups in total. The molecule has 0 bridgehead atoms. The number of hydrogen-bond acceptors (Lipinski definition) is 1. The van der Waals surface area contributed by atoms with E-state index >= 15 is 0 Å². The van der Waals surface area contributed by atoms with Gasteiger partial charge in [-0.05, 0) is 12.8 Å². The molecule has 0 atom stereocenters. The van der Waals surface area contributed by atoms with E-state index in [1.54, 1.807) is 0 Å². The first-order valence-corrected chi connectivity index (χ1v) is 4.78. The normalized spacial score (nSPS) is 9.70. The second-order valence-corrected chi connectivity index (χ2v) is 3.17. The molecule has 0 rings (SSSR count). The standard InChI is InChI=1S/C7H15BrN2/c8-6-4-2-1-3-5-7(9)10/h1-6H2,(H3,9,10). The summed E-state index contributed by atoms with van der Waals surface area (Å²) >= 11 is 3.36. The van der Waals surface area contributed by atoms with Crippen molar-refractivity contribution < 1.29 is 0 Å². The van der Waals surface area contributed by atoms with Crippen molar-refractivity contribution >= 4 is 21.8 Å². The van der Waals surface area contributed by atoms with Gasteiger partial charge >= 0.3 is 0 Å². The van der Waals surface area contributed by atoms with Crippen LogP contribution in [0, 0.1) is 5.41 Å². The van der Waals surface area contributed by atoms with Gasteiger partial charge < -0.3 is 5.73 Å². The summed E-state index contributed by atoms with van der Waals surface area (Å²) in [7, 11) is 0. The predicted molar refractivity (Wildman–Crippen MR) is 48.8 cm³/mol. The second kappa shape index (κ2) is 7.06. The number of halogens is 1. The average molecular weight is 207 g/mol. The van der Waals surface area contributed by atoms with Crippen molar-refractivity contribution in [3.63, 3.8) is 0 Å². The largest absolute Gasteiger partial charge is 0.388 e. The van der Waals surface area contributed by atoms with Crippen LogP contribution < -0.4 is 5.73 Å². The number of nitrogens with one attached hydrogen (secondary N) is 1. The first-order valence-electron chi connectivity index (χ1n) is 3.66. The minimum atomic E-state index is 0.318. The Labute approximate surface area is 70.8 Å². The summed E-state index contributed by atoms with van der Waals surface area (Å²) in [5, 5.41) is 8.03. The highest BCUT2D eigenvalue weighted by atomic mass is 79.9. The lowest BCUT2D eigenvalue weighted by Crippen LogP contribution is -2.08. The van der Waals surface area contributed by atoms with Gasteiger partial charge in [0.2, 0.25) is 0 Å². The van der Waals surface area contributed by atoms with Crippen molar-refractivity contribution in [2.45, 2.75) is 32.1 Å². The molecule has 0 radical (unpaired) electrons. The molecule has 3 heteroatoms. The van der Waals surface area contributed by atoms with Gasteiger partial charge in [0.1, 0.15) is 0 Å². The zero-order valence-corrected chi connectivity index (χ0v) is 7.78. The molecule has 0 aromatic heterocycles. The molecule has 0 aromatic rings. The third kappa shape index (κ3) is 7.95.